The van der Waals surface area contributed by atoms with Crippen molar-refractivity contribution in [1.29, 1.82) is 0 Å². The highest BCUT2D eigenvalue weighted by Gasteiger charge is 2.22. The molecule has 2 heterocycles. The summed E-state index contributed by atoms with van der Waals surface area (Å²) in [5.74, 6) is 1.77. The number of fused-ring (bicyclic) bond motifs is 1. The molecule has 106 valence electrons. The lowest BCUT2D eigenvalue weighted by atomic mass is 9.96. The Bertz CT molecular complexity index is 450. The summed E-state index contributed by atoms with van der Waals surface area (Å²) in [6.45, 7) is 9.56. The molecule has 5 heteroatoms. The first-order valence-electron chi connectivity index (χ1n) is 6.90. The van der Waals surface area contributed by atoms with Gasteiger partial charge in [-0.15, -0.1) is 0 Å². The lowest BCUT2D eigenvalue weighted by Crippen LogP contribution is -2.33. The van der Waals surface area contributed by atoms with Gasteiger partial charge in [0.1, 0.15) is 5.82 Å². The lowest BCUT2D eigenvalue weighted by Gasteiger charge is -2.30. The molecule has 0 unspecified atom stereocenters. The molecule has 0 saturated carbocycles. The fourth-order valence-electron chi connectivity index (χ4n) is 2.54. The van der Waals surface area contributed by atoms with Crippen molar-refractivity contribution >= 4 is 11.8 Å². The van der Waals surface area contributed by atoms with Crippen LogP contribution in [0.25, 0.3) is 0 Å². The Morgan fingerprint density at radius 2 is 2.05 bits per heavy atom. The fourth-order valence-corrected chi connectivity index (χ4v) is 2.54. The van der Waals surface area contributed by atoms with Crippen LogP contribution in [0.2, 0.25) is 0 Å². The quantitative estimate of drug-likeness (QED) is 0.868. The fraction of sp³-hybridized carbons (Fsp3) is 0.714. The number of hydrogen-bond acceptors (Lipinski definition) is 5. The molecule has 0 aromatic carbocycles. The van der Waals surface area contributed by atoms with E-state index in [0.717, 1.165) is 37.8 Å². The SMILES string of the molecule is CNc1nc2c(c(N(C)CC(C)(C)C)n1)CNCC2. The molecule has 0 atom stereocenters. The molecule has 0 bridgehead atoms. The van der Waals surface area contributed by atoms with E-state index in [9.17, 15) is 0 Å². The van der Waals surface area contributed by atoms with Crippen molar-refractivity contribution in [3.63, 3.8) is 0 Å². The Hall–Kier alpha value is -1.36. The van der Waals surface area contributed by atoms with Crippen LogP contribution in [0.3, 0.4) is 0 Å². The molecule has 0 amide bonds. The summed E-state index contributed by atoms with van der Waals surface area (Å²) in [5.41, 5.74) is 2.67. The van der Waals surface area contributed by atoms with E-state index in [1.165, 1.54) is 11.3 Å². The Balaban J connectivity index is 2.37. The number of anilines is 2. The number of rotatable bonds is 3. The molecule has 0 fully saturated rings. The second kappa shape index (κ2) is 5.33. The minimum atomic E-state index is 0.245. The first kappa shape index (κ1) is 14.1. The molecule has 2 N–H and O–H groups in total. The van der Waals surface area contributed by atoms with Gasteiger partial charge in [0.25, 0.3) is 0 Å². The van der Waals surface area contributed by atoms with Gasteiger partial charge in [-0.1, -0.05) is 20.8 Å². The van der Waals surface area contributed by atoms with Crippen molar-refractivity contribution in [2.24, 2.45) is 5.41 Å². The summed E-state index contributed by atoms with van der Waals surface area (Å²) in [6, 6.07) is 0. The van der Waals surface area contributed by atoms with Crippen LogP contribution in [0.15, 0.2) is 0 Å². The van der Waals surface area contributed by atoms with Gasteiger partial charge in [-0.3, -0.25) is 0 Å². The van der Waals surface area contributed by atoms with Crippen molar-refractivity contribution in [3.8, 4) is 0 Å². The zero-order valence-corrected chi connectivity index (χ0v) is 12.7. The molecule has 0 spiro atoms. The summed E-state index contributed by atoms with van der Waals surface area (Å²) in [6.07, 6.45) is 0.975. The highest BCUT2D eigenvalue weighted by atomic mass is 15.2. The number of nitrogens with zero attached hydrogens (tertiary/aromatic N) is 3. The Morgan fingerprint density at radius 1 is 1.32 bits per heavy atom. The van der Waals surface area contributed by atoms with E-state index in [-0.39, 0.29) is 5.41 Å². The third kappa shape index (κ3) is 3.35. The van der Waals surface area contributed by atoms with E-state index in [2.05, 4.69) is 53.3 Å². The molecule has 1 aromatic rings. The van der Waals surface area contributed by atoms with Crippen LogP contribution in [0.1, 0.15) is 32.0 Å². The topological polar surface area (TPSA) is 53.1 Å². The molecular weight excluding hydrogens is 238 g/mol. The Labute approximate surface area is 115 Å². The highest BCUT2D eigenvalue weighted by Crippen LogP contribution is 2.26. The maximum atomic E-state index is 4.65. The molecule has 19 heavy (non-hydrogen) atoms. The van der Waals surface area contributed by atoms with E-state index in [0.29, 0.717) is 0 Å². The first-order chi connectivity index (χ1) is 8.90. The summed E-state index contributed by atoms with van der Waals surface area (Å²) in [7, 11) is 3.98. The first-order valence-corrected chi connectivity index (χ1v) is 6.90. The maximum absolute atomic E-state index is 4.65. The van der Waals surface area contributed by atoms with Gasteiger partial charge in [0.15, 0.2) is 0 Å². The van der Waals surface area contributed by atoms with E-state index in [1.807, 2.05) is 7.05 Å². The van der Waals surface area contributed by atoms with Gasteiger partial charge in [-0.25, -0.2) is 4.98 Å². The standard InChI is InChI=1S/C14H25N5/c1-14(2,3)9-19(5)12-10-8-16-7-6-11(10)17-13(15-4)18-12/h16H,6-9H2,1-5H3,(H,15,17,18). The predicted octanol–water partition coefficient (Wildman–Crippen LogP) is 1.65. The predicted molar refractivity (Wildman–Crippen MR) is 79.7 cm³/mol. The van der Waals surface area contributed by atoms with Crippen molar-refractivity contribution in [1.82, 2.24) is 15.3 Å². The summed E-state index contributed by atoms with van der Waals surface area (Å²) in [5, 5.41) is 6.48. The minimum absolute atomic E-state index is 0.245. The van der Waals surface area contributed by atoms with Crippen LogP contribution >= 0.6 is 0 Å². The molecule has 1 aromatic heterocycles. The molecule has 0 radical (unpaired) electrons. The van der Waals surface area contributed by atoms with Crippen LogP contribution in [0, 0.1) is 5.41 Å². The zero-order valence-electron chi connectivity index (χ0n) is 12.7. The smallest absolute Gasteiger partial charge is 0.224 e. The van der Waals surface area contributed by atoms with E-state index in [1.54, 1.807) is 0 Å². The third-order valence-electron chi connectivity index (χ3n) is 3.21. The minimum Gasteiger partial charge on any atom is -0.359 e. The van der Waals surface area contributed by atoms with E-state index >= 15 is 0 Å². The van der Waals surface area contributed by atoms with Crippen LogP contribution < -0.4 is 15.5 Å². The van der Waals surface area contributed by atoms with Crippen molar-refractivity contribution < 1.29 is 0 Å². The summed E-state index contributed by atoms with van der Waals surface area (Å²) < 4.78 is 0. The maximum Gasteiger partial charge on any atom is 0.224 e. The molecular formula is C14H25N5. The van der Waals surface area contributed by atoms with Crippen LogP contribution in [-0.2, 0) is 13.0 Å². The van der Waals surface area contributed by atoms with E-state index in [4.69, 9.17) is 0 Å². The molecule has 0 saturated heterocycles. The molecule has 2 rings (SSSR count). The van der Waals surface area contributed by atoms with Gasteiger partial charge >= 0.3 is 0 Å². The number of nitrogens with one attached hydrogen (secondary N) is 2. The van der Waals surface area contributed by atoms with Crippen molar-refractivity contribution in [3.05, 3.63) is 11.3 Å². The van der Waals surface area contributed by atoms with Crippen LogP contribution in [-0.4, -0.2) is 37.2 Å². The van der Waals surface area contributed by atoms with Gasteiger partial charge in [0.05, 0.1) is 5.69 Å². The normalized spacial score (nSPS) is 15.0. The Kier molecular flexibility index (Phi) is 3.94. The Morgan fingerprint density at radius 3 is 2.68 bits per heavy atom. The zero-order chi connectivity index (χ0) is 14.0. The average molecular weight is 263 g/mol. The van der Waals surface area contributed by atoms with Gasteiger partial charge in [0, 0.05) is 45.7 Å². The second-order valence-electron chi connectivity index (χ2n) is 6.39. The van der Waals surface area contributed by atoms with Gasteiger partial charge in [0.2, 0.25) is 5.95 Å². The summed E-state index contributed by atoms with van der Waals surface area (Å²) in [4.78, 5) is 11.5. The van der Waals surface area contributed by atoms with Crippen LogP contribution in [0.5, 0.6) is 0 Å². The third-order valence-corrected chi connectivity index (χ3v) is 3.21. The van der Waals surface area contributed by atoms with Gasteiger partial charge < -0.3 is 15.5 Å². The second-order valence-corrected chi connectivity index (χ2v) is 6.39. The molecule has 1 aliphatic rings. The number of aromatic nitrogens is 2. The number of hydrogen-bond donors (Lipinski definition) is 2. The van der Waals surface area contributed by atoms with E-state index < -0.39 is 0 Å². The largest absolute Gasteiger partial charge is 0.359 e. The van der Waals surface area contributed by atoms with Gasteiger partial charge in [-0.2, -0.15) is 4.98 Å². The highest BCUT2D eigenvalue weighted by molar-refractivity contribution is 5.53. The van der Waals surface area contributed by atoms with Crippen molar-refractivity contribution in [2.75, 3.05) is 37.4 Å². The monoisotopic (exact) mass is 263 g/mol. The summed E-state index contributed by atoms with van der Waals surface area (Å²) >= 11 is 0. The molecule has 5 nitrogen and oxygen atoms in total. The van der Waals surface area contributed by atoms with Crippen molar-refractivity contribution in [2.45, 2.75) is 33.7 Å². The molecule has 1 aliphatic heterocycles. The van der Waals surface area contributed by atoms with Gasteiger partial charge in [-0.05, 0) is 5.41 Å². The lowest BCUT2D eigenvalue weighted by molar-refractivity contribution is 0.417. The molecule has 0 aliphatic carbocycles. The van der Waals surface area contributed by atoms with Crippen LogP contribution in [0.4, 0.5) is 11.8 Å². The average Bonchev–Trinajstić information content (AvgIpc) is 2.35.